The molecular formula is C32H52F2O11S2. The molecule has 2 saturated heterocycles. The Morgan fingerprint density at radius 3 is 1.26 bits per heavy atom. The summed E-state index contributed by atoms with van der Waals surface area (Å²) >= 11 is 1.90. The van der Waals surface area contributed by atoms with Crippen LogP contribution in [0.25, 0.3) is 0 Å². The van der Waals surface area contributed by atoms with Crippen LogP contribution in [0, 0.1) is 21.7 Å². The second-order valence-corrected chi connectivity index (χ2v) is 18.2. The predicted octanol–water partition coefficient (Wildman–Crippen LogP) is 5.18. The van der Waals surface area contributed by atoms with Crippen molar-refractivity contribution in [2.24, 2.45) is 21.7 Å². The van der Waals surface area contributed by atoms with Crippen LogP contribution >= 0.6 is 23.5 Å². The Balaban J connectivity index is 0.000000474. The Hall–Kier alpha value is -2.13. The van der Waals surface area contributed by atoms with E-state index >= 15 is 0 Å². The van der Waals surface area contributed by atoms with Gasteiger partial charge in [-0.1, -0.05) is 0 Å². The molecule has 0 spiro atoms. The third-order valence-corrected chi connectivity index (χ3v) is 9.16. The average Bonchev–Trinajstić information content (AvgIpc) is 3.33. The molecule has 2 fully saturated rings. The molecule has 0 aromatic rings. The molecule has 0 aromatic carbocycles. The summed E-state index contributed by atoms with van der Waals surface area (Å²) in [7, 11) is 0. The Labute approximate surface area is 285 Å². The number of ether oxygens (including phenoxy) is 5. The fourth-order valence-corrected chi connectivity index (χ4v) is 6.06. The maximum absolute atomic E-state index is 14.7. The van der Waals surface area contributed by atoms with E-state index in [4.69, 9.17) is 23.7 Å². The van der Waals surface area contributed by atoms with Gasteiger partial charge in [0.25, 0.3) is 0 Å². The molecule has 11 nitrogen and oxygen atoms in total. The van der Waals surface area contributed by atoms with Crippen molar-refractivity contribution in [1.82, 2.24) is 0 Å². The summed E-state index contributed by atoms with van der Waals surface area (Å²) in [6.07, 6.45) is -5.68. The van der Waals surface area contributed by atoms with Gasteiger partial charge in [-0.15, -0.1) is 23.5 Å². The second-order valence-electron chi connectivity index (χ2n) is 15.5. The van der Waals surface area contributed by atoms with E-state index in [2.05, 4.69) is 0 Å². The molecule has 2 rings (SSSR count). The van der Waals surface area contributed by atoms with Gasteiger partial charge in [0.1, 0.15) is 18.6 Å². The number of alkyl halides is 2. The van der Waals surface area contributed by atoms with Crippen molar-refractivity contribution >= 4 is 53.4 Å². The molecule has 15 heteroatoms. The van der Waals surface area contributed by atoms with Gasteiger partial charge in [0, 0.05) is 6.92 Å². The van der Waals surface area contributed by atoms with E-state index in [-0.39, 0.29) is 13.2 Å². The van der Waals surface area contributed by atoms with Crippen molar-refractivity contribution in [2.75, 3.05) is 13.2 Å². The minimum Gasteiger partial charge on any atom is -0.464 e. The number of aliphatic hydroxyl groups excluding tert-OH is 1. The smallest absolute Gasteiger partial charge is 0.311 e. The fraction of sp³-hybridized carbons (Fsp3) is 0.844. The summed E-state index contributed by atoms with van der Waals surface area (Å²) in [6.45, 7) is 21.1. The summed E-state index contributed by atoms with van der Waals surface area (Å²) in [5.41, 5.74) is -5.36. The molecule has 0 aliphatic carbocycles. The van der Waals surface area contributed by atoms with Gasteiger partial charge in [0.05, 0.1) is 32.2 Å². The Bertz CT molecular complexity index is 1120. The van der Waals surface area contributed by atoms with Crippen molar-refractivity contribution < 1.29 is 61.5 Å². The number of esters is 5. The molecule has 2 heterocycles. The first-order valence-corrected chi connectivity index (χ1v) is 17.2. The van der Waals surface area contributed by atoms with Crippen molar-refractivity contribution in [1.29, 1.82) is 0 Å². The highest BCUT2D eigenvalue weighted by Gasteiger charge is 2.51. The van der Waals surface area contributed by atoms with Crippen LogP contribution in [0.5, 0.6) is 0 Å². The first-order chi connectivity index (χ1) is 21.1. The molecule has 0 saturated carbocycles. The van der Waals surface area contributed by atoms with E-state index in [0.29, 0.717) is 0 Å². The van der Waals surface area contributed by atoms with E-state index in [1.54, 1.807) is 83.1 Å². The molecular weight excluding hydrogens is 662 g/mol. The molecule has 8 atom stereocenters. The lowest BCUT2D eigenvalue weighted by molar-refractivity contribution is -0.166. The van der Waals surface area contributed by atoms with Gasteiger partial charge >= 0.3 is 29.8 Å². The quantitative estimate of drug-likeness (QED) is 0.273. The monoisotopic (exact) mass is 714 g/mol. The standard InChI is InChI=1S/C17H27FO6S.C15H25FO5S/c1-9(19)23-13-11(18)12(24-15(21)17(5,6)7)10(25-13)8-22-14(20)16(2,3)4;1-14(2,3)12(18)20-7-8-10(9(16)11(17)22-8)21-13(19)15(4,5)6/h10-13H,8H2,1-7H3;8-11,17H,7H2,1-6H3/t10-,11+,12-,13?;8-,9+,10-,11?/m11/s1. The molecule has 0 aromatic heterocycles. The maximum atomic E-state index is 14.7. The number of carbonyl (C=O) groups is 5. The first-order valence-electron chi connectivity index (χ1n) is 15.3. The maximum Gasteiger partial charge on any atom is 0.311 e. The van der Waals surface area contributed by atoms with Crippen LogP contribution in [0.3, 0.4) is 0 Å². The molecule has 0 amide bonds. The van der Waals surface area contributed by atoms with Crippen LogP contribution in [0.4, 0.5) is 8.78 Å². The average molecular weight is 715 g/mol. The molecule has 2 aliphatic heterocycles. The van der Waals surface area contributed by atoms with E-state index in [1.807, 2.05) is 0 Å². The summed E-state index contributed by atoms with van der Waals surface area (Å²) in [6, 6.07) is 0. The van der Waals surface area contributed by atoms with Gasteiger partial charge < -0.3 is 28.8 Å². The SMILES string of the molecule is CC(=O)OC1S[C@H](COC(=O)C(C)(C)C)[C@@H](OC(=O)C(C)(C)C)[C@@H]1F.CC(C)(C)C(=O)OC[C@H]1SC(O)[C@@H](F)[C@@H]1OC(=O)C(C)(C)C. The molecule has 47 heavy (non-hydrogen) atoms. The van der Waals surface area contributed by atoms with E-state index < -0.39 is 97.4 Å². The van der Waals surface area contributed by atoms with Gasteiger partial charge in [0.2, 0.25) is 0 Å². The Kier molecular flexibility index (Phi) is 15.1. The third-order valence-electron chi connectivity index (χ3n) is 6.49. The zero-order valence-electron chi connectivity index (χ0n) is 29.6. The van der Waals surface area contributed by atoms with Gasteiger partial charge in [-0.3, -0.25) is 24.0 Å². The zero-order chi connectivity index (χ0) is 36.9. The number of hydrogen-bond donors (Lipinski definition) is 1. The topological polar surface area (TPSA) is 152 Å². The number of hydrogen-bond acceptors (Lipinski definition) is 13. The van der Waals surface area contributed by atoms with Crippen LogP contribution in [0.15, 0.2) is 0 Å². The normalized spacial score (nSPS) is 28.0. The van der Waals surface area contributed by atoms with Gasteiger partial charge in [0.15, 0.2) is 30.0 Å². The zero-order valence-corrected chi connectivity index (χ0v) is 31.3. The number of halogens is 2. The number of aliphatic hydroxyl groups is 1. The highest BCUT2D eigenvalue weighted by molar-refractivity contribution is 8.01. The van der Waals surface area contributed by atoms with Crippen LogP contribution in [-0.4, -0.2) is 94.1 Å². The molecule has 0 bridgehead atoms. The van der Waals surface area contributed by atoms with Crippen LogP contribution in [0.1, 0.15) is 90.0 Å². The van der Waals surface area contributed by atoms with E-state index in [9.17, 15) is 37.9 Å². The molecule has 272 valence electrons. The van der Waals surface area contributed by atoms with Crippen molar-refractivity contribution in [3.05, 3.63) is 0 Å². The third kappa shape index (κ3) is 13.4. The lowest BCUT2D eigenvalue weighted by Crippen LogP contribution is -2.40. The molecule has 2 unspecified atom stereocenters. The summed E-state index contributed by atoms with van der Waals surface area (Å²) in [4.78, 5) is 58.9. The first kappa shape index (κ1) is 42.9. The van der Waals surface area contributed by atoms with E-state index in [1.165, 1.54) is 6.92 Å². The van der Waals surface area contributed by atoms with Crippen molar-refractivity contribution in [2.45, 2.75) is 136 Å². The van der Waals surface area contributed by atoms with E-state index in [0.717, 1.165) is 23.5 Å². The van der Waals surface area contributed by atoms with Gasteiger partial charge in [-0.05, 0) is 83.1 Å². The van der Waals surface area contributed by atoms with Crippen LogP contribution in [-0.2, 0) is 47.7 Å². The minimum atomic E-state index is -1.70. The van der Waals surface area contributed by atoms with Crippen molar-refractivity contribution in [3.8, 4) is 0 Å². The Morgan fingerprint density at radius 1 is 0.574 bits per heavy atom. The summed E-state index contributed by atoms with van der Waals surface area (Å²) in [5.74, 6) is -2.63. The van der Waals surface area contributed by atoms with Crippen molar-refractivity contribution in [3.63, 3.8) is 0 Å². The molecule has 1 N–H and O–H groups in total. The highest BCUT2D eigenvalue weighted by atomic mass is 32.2. The summed E-state index contributed by atoms with van der Waals surface area (Å²) < 4.78 is 54.5. The second kappa shape index (κ2) is 16.5. The summed E-state index contributed by atoms with van der Waals surface area (Å²) in [5, 5.41) is 8.36. The molecule has 0 radical (unpaired) electrons. The largest absolute Gasteiger partial charge is 0.464 e. The van der Waals surface area contributed by atoms with Crippen LogP contribution in [0.2, 0.25) is 0 Å². The molecule has 2 aliphatic rings. The predicted molar refractivity (Wildman–Crippen MR) is 174 cm³/mol. The van der Waals surface area contributed by atoms with Gasteiger partial charge in [-0.2, -0.15) is 0 Å². The lowest BCUT2D eigenvalue weighted by atomic mass is 9.97. The van der Waals surface area contributed by atoms with Crippen LogP contribution < -0.4 is 0 Å². The number of rotatable bonds is 7. The number of thioether (sulfide) groups is 2. The minimum absolute atomic E-state index is 0.111. The number of carbonyl (C=O) groups excluding carboxylic acids is 5. The fourth-order valence-electron chi connectivity index (χ4n) is 3.54. The lowest BCUT2D eigenvalue weighted by Gasteiger charge is -2.25. The highest BCUT2D eigenvalue weighted by Crippen LogP contribution is 2.41. The van der Waals surface area contributed by atoms with Gasteiger partial charge in [-0.25, -0.2) is 8.78 Å². The Morgan fingerprint density at radius 2 is 0.915 bits per heavy atom.